The van der Waals surface area contributed by atoms with Gasteiger partial charge >= 0.3 is 0 Å². The van der Waals surface area contributed by atoms with Gasteiger partial charge < -0.3 is 5.73 Å². The summed E-state index contributed by atoms with van der Waals surface area (Å²) in [5, 5.41) is 0. The van der Waals surface area contributed by atoms with Gasteiger partial charge in [0.1, 0.15) is 0 Å². The number of aromatic nitrogens is 1. The maximum Gasteiger partial charge on any atom is 0.205 e. The molecule has 0 spiro atoms. The summed E-state index contributed by atoms with van der Waals surface area (Å²) in [6.07, 6.45) is 8.19. The number of thioether (sulfide) groups is 1. The fraction of sp³-hybridized carbons (Fsp3) is 0.167. The van der Waals surface area contributed by atoms with Crippen molar-refractivity contribution in [2.75, 3.05) is 12.8 Å². The lowest BCUT2D eigenvalue weighted by molar-refractivity contribution is -0.697. The maximum atomic E-state index is 5.71. The van der Waals surface area contributed by atoms with E-state index in [0.29, 0.717) is 6.54 Å². The van der Waals surface area contributed by atoms with Crippen LogP contribution in [-0.4, -0.2) is 12.8 Å². The number of hydrogen-bond acceptors (Lipinski definition) is 2. The van der Waals surface area contributed by atoms with Gasteiger partial charge in [-0.15, -0.1) is 11.8 Å². The zero-order valence-corrected chi connectivity index (χ0v) is 13.1. The minimum Gasteiger partial charge on any atom is -0.325 e. The van der Waals surface area contributed by atoms with E-state index in [9.17, 15) is 0 Å². The van der Waals surface area contributed by atoms with E-state index in [0.717, 1.165) is 17.9 Å². The molecule has 0 unspecified atom stereocenters. The van der Waals surface area contributed by atoms with E-state index < -0.39 is 0 Å². The molecule has 1 heterocycles. The second-order valence-electron chi connectivity index (χ2n) is 4.63. The highest BCUT2D eigenvalue weighted by molar-refractivity contribution is 7.98. The van der Waals surface area contributed by atoms with Crippen LogP contribution in [0.4, 0.5) is 0 Å². The molecule has 0 aliphatic carbocycles. The molecule has 1 aromatic carbocycles. The van der Waals surface area contributed by atoms with E-state index in [1.807, 2.05) is 18.2 Å². The van der Waals surface area contributed by atoms with Gasteiger partial charge in [0, 0.05) is 29.2 Å². The van der Waals surface area contributed by atoms with Crippen molar-refractivity contribution in [3.8, 4) is 0 Å². The third-order valence-corrected chi connectivity index (χ3v) is 4.03. The molecule has 0 aliphatic rings. The van der Waals surface area contributed by atoms with Crippen LogP contribution in [0.2, 0.25) is 0 Å². The van der Waals surface area contributed by atoms with E-state index in [1.165, 1.54) is 10.5 Å². The molecule has 3 heteroatoms. The van der Waals surface area contributed by atoms with Crippen molar-refractivity contribution in [3.05, 3.63) is 66.0 Å². The predicted octanol–water partition coefficient (Wildman–Crippen LogP) is 3.47. The molecular formula is C18H21N2S+. The zero-order chi connectivity index (χ0) is 15.1. The van der Waals surface area contributed by atoms with E-state index in [2.05, 4.69) is 59.9 Å². The maximum absolute atomic E-state index is 5.71. The number of hydrogen-bond donors (Lipinski definition) is 1. The van der Waals surface area contributed by atoms with Crippen LogP contribution in [0.5, 0.6) is 0 Å². The average Bonchev–Trinajstić information content (AvgIpc) is 2.54. The van der Waals surface area contributed by atoms with Crippen molar-refractivity contribution >= 4 is 30.0 Å². The van der Waals surface area contributed by atoms with Gasteiger partial charge in [-0.3, -0.25) is 0 Å². The Morgan fingerprint density at radius 3 is 2.43 bits per heavy atom. The molecule has 0 bridgehead atoms. The minimum absolute atomic E-state index is 0.610. The molecule has 0 saturated heterocycles. The molecule has 2 nitrogen and oxygen atoms in total. The van der Waals surface area contributed by atoms with Crippen molar-refractivity contribution in [2.24, 2.45) is 5.73 Å². The monoisotopic (exact) mass is 297 g/mol. The molecule has 1 aromatic heterocycles. The van der Waals surface area contributed by atoms with Gasteiger partial charge in [0.25, 0.3) is 0 Å². The Kier molecular flexibility index (Phi) is 5.78. The predicted molar refractivity (Wildman–Crippen MR) is 92.9 cm³/mol. The van der Waals surface area contributed by atoms with Gasteiger partial charge in [0.15, 0.2) is 6.54 Å². The molecule has 2 aromatic rings. The van der Waals surface area contributed by atoms with E-state index in [-0.39, 0.29) is 0 Å². The third kappa shape index (κ3) is 4.06. The quantitative estimate of drug-likeness (QED) is 0.653. The summed E-state index contributed by atoms with van der Waals surface area (Å²) in [6.45, 7) is 5.26. The first-order valence-corrected chi connectivity index (χ1v) is 8.18. The molecule has 0 aliphatic heterocycles. The molecule has 108 valence electrons. The first kappa shape index (κ1) is 15.5. The van der Waals surface area contributed by atoms with Gasteiger partial charge in [0.2, 0.25) is 11.4 Å². The van der Waals surface area contributed by atoms with Gasteiger partial charge in [-0.25, -0.2) is 0 Å². The van der Waals surface area contributed by atoms with Crippen LogP contribution < -0.4 is 10.3 Å². The Hall–Kier alpha value is -1.84. The lowest BCUT2D eigenvalue weighted by Crippen LogP contribution is -2.43. The summed E-state index contributed by atoms with van der Waals surface area (Å²) in [4.78, 5) is 1.28. The summed E-state index contributed by atoms with van der Waals surface area (Å²) < 4.78 is 2.18. The largest absolute Gasteiger partial charge is 0.325 e. The van der Waals surface area contributed by atoms with E-state index in [4.69, 9.17) is 5.73 Å². The highest BCUT2D eigenvalue weighted by Gasteiger charge is 2.10. The van der Waals surface area contributed by atoms with Gasteiger partial charge in [-0.05, 0) is 36.1 Å². The Morgan fingerprint density at radius 1 is 1.10 bits per heavy atom. The van der Waals surface area contributed by atoms with Crippen molar-refractivity contribution in [3.63, 3.8) is 0 Å². The second kappa shape index (κ2) is 7.81. The lowest BCUT2D eigenvalue weighted by Gasteiger charge is -2.03. The van der Waals surface area contributed by atoms with Crippen molar-refractivity contribution in [1.29, 1.82) is 0 Å². The average molecular weight is 297 g/mol. The summed E-state index contributed by atoms with van der Waals surface area (Å²) in [5.74, 6) is 0. The first-order chi connectivity index (χ1) is 10.3. The van der Waals surface area contributed by atoms with Gasteiger partial charge in [-0.2, -0.15) is 4.57 Å². The third-order valence-electron chi connectivity index (χ3n) is 3.28. The molecule has 0 amide bonds. The zero-order valence-electron chi connectivity index (χ0n) is 12.3. The van der Waals surface area contributed by atoms with Crippen LogP contribution in [0, 0.1) is 0 Å². The van der Waals surface area contributed by atoms with Crippen LogP contribution in [0.15, 0.2) is 53.9 Å². The molecule has 0 fully saturated rings. The van der Waals surface area contributed by atoms with Crippen molar-refractivity contribution in [2.45, 2.75) is 11.4 Å². The lowest BCUT2D eigenvalue weighted by atomic mass is 10.2. The van der Waals surface area contributed by atoms with Gasteiger partial charge in [0.05, 0.1) is 6.54 Å². The highest BCUT2D eigenvalue weighted by atomic mass is 32.2. The van der Waals surface area contributed by atoms with Gasteiger partial charge in [-0.1, -0.05) is 18.7 Å². The Balaban J connectivity index is 2.28. The molecule has 0 radical (unpaired) electrons. The van der Waals surface area contributed by atoms with Crippen molar-refractivity contribution in [1.82, 2.24) is 0 Å². The van der Waals surface area contributed by atoms with E-state index in [1.54, 1.807) is 11.8 Å². The summed E-state index contributed by atoms with van der Waals surface area (Å²) in [7, 11) is 0. The minimum atomic E-state index is 0.610. The molecule has 0 atom stereocenters. The number of pyridine rings is 1. The number of nitrogens with zero attached hydrogens (tertiary/aromatic N) is 1. The molecule has 2 rings (SSSR count). The number of nitrogens with two attached hydrogens (primary N) is 1. The van der Waals surface area contributed by atoms with Crippen LogP contribution in [0.25, 0.3) is 18.2 Å². The van der Waals surface area contributed by atoms with Crippen LogP contribution in [-0.2, 0) is 6.54 Å². The number of rotatable bonds is 6. The Labute approximate surface area is 131 Å². The fourth-order valence-electron chi connectivity index (χ4n) is 2.18. The molecule has 0 saturated carbocycles. The number of benzene rings is 1. The second-order valence-corrected chi connectivity index (χ2v) is 5.51. The SMILES string of the molecule is C=Cc1cccc(/C=C/c2ccc(SC)cc2)[n+]1CCN. The van der Waals surface area contributed by atoms with E-state index >= 15 is 0 Å². The summed E-state index contributed by atoms with van der Waals surface area (Å²) in [5.41, 5.74) is 9.12. The standard InChI is InChI=1S/C18H21N2S/c1-3-16-5-4-6-17(20(16)14-13-19)10-7-15-8-11-18(21-2)12-9-15/h3-12H,1,13-14,19H2,2H3/q+1/b10-7+. The molecule has 2 N–H and O–H groups in total. The smallest absolute Gasteiger partial charge is 0.205 e. The normalized spacial score (nSPS) is 11.0. The van der Waals surface area contributed by atoms with Crippen LogP contribution in [0.1, 0.15) is 17.0 Å². The molecule has 21 heavy (non-hydrogen) atoms. The Bertz CT molecular complexity index is 630. The topological polar surface area (TPSA) is 29.9 Å². The summed E-state index contributed by atoms with van der Waals surface area (Å²) >= 11 is 1.75. The first-order valence-electron chi connectivity index (χ1n) is 6.96. The van der Waals surface area contributed by atoms with Crippen LogP contribution >= 0.6 is 11.8 Å². The Morgan fingerprint density at radius 2 is 1.81 bits per heavy atom. The van der Waals surface area contributed by atoms with Crippen molar-refractivity contribution < 1.29 is 4.57 Å². The highest BCUT2D eigenvalue weighted by Crippen LogP contribution is 2.16. The summed E-state index contributed by atoms with van der Waals surface area (Å²) in [6, 6.07) is 14.7. The molecular weight excluding hydrogens is 276 g/mol. The fourth-order valence-corrected chi connectivity index (χ4v) is 2.59. The van der Waals surface area contributed by atoms with Crippen LogP contribution in [0.3, 0.4) is 0 Å².